The minimum atomic E-state index is -0.215. The van der Waals surface area contributed by atoms with Gasteiger partial charge in [0.1, 0.15) is 0 Å². The molecule has 138 valence electrons. The number of hydrogen-bond donors (Lipinski definition) is 1. The standard InChI is InChI=1S/C17H14ClN5OS3/c18-14-7-2-1-5-12(14)10-25-16-22-23-17(27-16)26-11-15(24)21-20-9-13-6-3-4-8-19-13/h1-9H,10-11H2,(H,21,24). The summed E-state index contributed by atoms with van der Waals surface area (Å²) in [6, 6.07) is 13.2. The van der Waals surface area contributed by atoms with Crippen molar-refractivity contribution in [1.29, 1.82) is 0 Å². The first kappa shape index (κ1) is 19.8. The van der Waals surface area contributed by atoms with E-state index in [9.17, 15) is 4.79 Å². The molecular formula is C17H14ClN5OS3. The Labute approximate surface area is 173 Å². The zero-order chi connectivity index (χ0) is 18.9. The van der Waals surface area contributed by atoms with Gasteiger partial charge in [0.05, 0.1) is 17.7 Å². The van der Waals surface area contributed by atoms with Crippen molar-refractivity contribution in [2.45, 2.75) is 14.4 Å². The predicted molar refractivity (Wildman–Crippen MR) is 112 cm³/mol. The first-order valence-corrected chi connectivity index (χ1v) is 10.9. The topological polar surface area (TPSA) is 80.1 Å². The van der Waals surface area contributed by atoms with Gasteiger partial charge >= 0.3 is 0 Å². The summed E-state index contributed by atoms with van der Waals surface area (Å²) in [4.78, 5) is 15.9. The van der Waals surface area contributed by atoms with Gasteiger partial charge in [-0.25, -0.2) is 5.43 Å². The Morgan fingerprint density at radius 2 is 1.93 bits per heavy atom. The fourth-order valence-corrected chi connectivity index (χ4v) is 4.95. The average Bonchev–Trinajstić information content (AvgIpc) is 3.14. The largest absolute Gasteiger partial charge is 0.272 e. The molecule has 0 bridgehead atoms. The van der Waals surface area contributed by atoms with Crippen LogP contribution in [0.2, 0.25) is 5.02 Å². The average molecular weight is 436 g/mol. The number of hydrazone groups is 1. The maximum absolute atomic E-state index is 11.8. The molecule has 3 aromatic rings. The van der Waals surface area contributed by atoms with E-state index in [1.165, 1.54) is 29.3 Å². The molecule has 3 rings (SSSR count). The maximum Gasteiger partial charge on any atom is 0.250 e. The summed E-state index contributed by atoms with van der Waals surface area (Å²) in [6.07, 6.45) is 3.16. The van der Waals surface area contributed by atoms with Gasteiger partial charge in [0.15, 0.2) is 8.68 Å². The van der Waals surface area contributed by atoms with E-state index < -0.39 is 0 Å². The zero-order valence-corrected chi connectivity index (χ0v) is 17.1. The Balaban J connectivity index is 1.42. The molecule has 0 aliphatic carbocycles. The summed E-state index contributed by atoms with van der Waals surface area (Å²) >= 11 is 10.5. The molecule has 0 aliphatic heterocycles. The van der Waals surface area contributed by atoms with Crippen molar-refractivity contribution in [2.24, 2.45) is 5.10 Å². The van der Waals surface area contributed by atoms with E-state index in [2.05, 4.69) is 25.7 Å². The fourth-order valence-electron chi connectivity index (χ4n) is 1.85. The molecule has 27 heavy (non-hydrogen) atoms. The highest BCUT2D eigenvalue weighted by Crippen LogP contribution is 2.32. The molecule has 0 saturated heterocycles. The van der Waals surface area contributed by atoms with Crippen LogP contribution < -0.4 is 5.43 Å². The number of benzene rings is 1. The molecule has 0 radical (unpaired) electrons. The highest BCUT2D eigenvalue weighted by atomic mass is 35.5. The molecular weight excluding hydrogens is 422 g/mol. The fraction of sp³-hybridized carbons (Fsp3) is 0.118. The summed E-state index contributed by atoms with van der Waals surface area (Å²) in [6.45, 7) is 0. The number of nitrogens with zero attached hydrogens (tertiary/aromatic N) is 4. The van der Waals surface area contributed by atoms with Crippen molar-refractivity contribution in [1.82, 2.24) is 20.6 Å². The molecule has 0 atom stereocenters. The molecule has 2 heterocycles. The molecule has 0 unspecified atom stereocenters. The first-order chi connectivity index (χ1) is 13.2. The Morgan fingerprint density at radius 3 is 2.70 bits per heavy atom. The van der Waals surface area contributed by atoms with Crippen LogP contribution in [0.25, 0.3) is 0 Å². The number of hydrogen-bond acceptors (Lipinski definition) is 8. The van der Waals surface area contributed by atoms with Crippen LogP contribution in [0.4, 0.5) is 0 Å². The van der Waals surface area contributed by atoms with Crippen LogP contribution in [0, 0.1) is 0 Å². The van der Waals surface area contributed by atoms with Crippen LogP contribution in [0.5, 0.6) is 0 Å². The first-order valence-electron chi connectivity index (χ1n) is 7.76. The SMILES string of the molecule is O=C(CSc1nnc(SCc2ccccc2Cl)s1)NN=Cc1ccccn1. The highest BCUT2D eigenvalue weighted by Gasteiger charge is 2.09. The third-order valence-corrected chi connectivity index (χ3v) is 6.70. The van der Waals surface area contributed by atoms with Crippen LogP contribution in [0.3, 0.4) is 0 Å². The third kappa shape index (κ3) is 6.62. The Kier molecular flexibility index (Phi) is 7.64. The molecule has 0 spiro atoms. The van der Waals surface area contributed by atoms with Crippen molar-refractivity contribution in [3.05, 3.63) is 64.9 Å². The number of aromatic nitrogens is 3. The second kappa shape index (κ2) is 10.4. The number of carbonyl (C=O) groups excluding carboxylic acids is 1. The predicted octanol–water partition coefficient (Wildman–Crippen LogP) is 4.12. The number of rotatable bonds is 8. The van der Waals surface area contributed by atoms with Gasteiger partial charge in [0.2, 0.25) is 0 Å². The lowest BCUT2D eigenvalue weighted by Crippen LogP contribution is -2.19. The van der Waals surface area contributed by atoms with Gasteiger partial charge in [-0.2, -0.15) is 5.10 Å². The number of amides is 1. The van der Waals surface area contributed by atoms with Gasteiger partial charge in [-0.15, -0.1) is 10.2 Å². The van der Waals surface area contributed by atoms with Crippen molar-refractivity contribution in [3.8, 4) is 0 Å². The molecule has 1 aromatic carbocycles. The summed E-state index contributed by atoms with van der Waals surface area (Å²) in [5, 5.41) is 12.9. The number of carbonyl (C=O) groups is 1. The van der Waals surface area contributed by atoms with E-state index in [0.29, 0.717) is 5.69 Å². The summed E-state index contributed by atoms with van der Waals surface area (Å²) in [7, 11) is 0. The van der Waals surface area contributed by atoms with Crippen LogP contribution in [0.1, 0.15) is 11.3 Å². The van der Waals surface area contributed by atoms with Crippen LogP contribution in [0.15, 0.2) is 62.4 Å². The maximum atomic E-state index is 11.8. The normalized spacial score (nSPS) is 11.0. The van der Waals surface area contributed by atoms with Crippen molar-refractivity contribution in [2.75, 3.05) is 5.75 Å². The molecule has 0 aliphatic rings. The molecule has 0 fully saturated rings. The second-order valence-electron chi connectivity index (χ2n) is 5.05. The minimum absolute atomic E-state index is 0.212. The van der Waals surface area contributed by atoms with Gasteiger partial charge in [-0.05, 0) is 23.8 Å². The van der Waals surface area contributed by atoms with Gasteiger partial charge in [0, 0.05) is 17.0 Å². The summed E-state index contributed by atoms with van der Waals surface area (Å²) in [5.74, 6) is 0.720. The lowest BCUT2D eigenvalue weighted by molar-refractivity contribution is -0.118. The van der Waals surface area contributed by atoms with E-state index in [4.69, 9.17) is 11.6 Å². The zero-order valence-electron chi connectivity index (χ0n) is 13.9. The van der Waals surface area contributed by atoms with E-state index in [1.54, 1.807) is 24.0 Å². The van der Waals surface area contributed by atoms with Crippen molar-refractivity contribution in [3.63, 3.8) is 0 Å². The quantitative estimate of drug-likeness (QED) is 0.325. The smallest absolute Gasteiger partial charge is 0.250 e. The van der Waals surface area contributed by atoms with Gasteiger partial charge in [-0.1, -0.05) is 70.7 Å². The lowest BCUT2D eigenvalue weighted by Gasteiger charge is -2.00. The Hall–Kier alpha value is -1.94. The van der Waals surface area contributed by atoms with Crippen molar-refractivity contribution < 1.29 is 4.79 Å². The monoisotopic (exact) mass is 435 g/mol. The highest BCUT2D eigenvalue weighted by molar-refractivity contribution is 8.03. The molecule has 1 amide bonds. The number of halogens is 1. The molecule has 0 saturated carbocycles. The van der Waals surface area contributed by atoms with Crippen LogP contribution in [-0.2, 0) is 10.5 Å². The van der Waals surface area contributed by atoms with Gasteiger partial charge in [0.25, 0.3) is 5.91 Å². The molecule has 2 aromatic heterocycles. The lowest BCUT2D eigenvalue weighted by atomic mass is 10.2. The minimum Gasteiger partial charge on any atom is -0.272 e. The van der Waals surface area contributed by atoms with Gasteiger partial charge < -0.3 is 0 Å². The van der Waals surface area contributed by atoms with Crippen molar-refractivity contribution >= 4 is 58.6 Å². The van der Waals surface area contributed by atoms with Crippen LogP contribution >= 0.6 is 46.5 Å². The molecule has 6 nitrogen and oxygen atoms in total. The third-order valence-electron chi connectivity index (χ3n) is 3.10. The molecule has 10 heteroatoms. The Morgan fingerprint density at radius 1 is 1.15 bits per heavy atom. The second-order valence-corrected chi connectivity index (χ2v) is 8.88. The van der Waals surface area contributed by atoms with E-state index in [-0.39, 0.29) is 11.7 Å². The number of thioether (sulfide) groups is 2. The van der Waals surface area contributed by atoms with E-state index in [1.807, 2.05) is 36.4 Å². The number of pyridine rings is 1. The number of nitrogens with one attached hydrogen (secondary N) is 1. The van der Waals surface area contributed by atoms with E-state index in [0.717, 1.165) is 25.0 Å². The Bertz CT molecular complexity index is 920. The van der Waals surface area contributed by atoms with Crippen LogP contribution in [-0.4, -0.2) is 33.1 Å². The summed E-state index contributed by atoms with van der Waals surface area (Å²) in [5.41, 5.74) is 4.20. The summed E-state index contributed by atoms with van der Waals surface area (Å²) < 4.78 is 1.58. The van der Waals surface area contributed by atoms with E-state index >= 15 is 0 Å². The van der Waals surface area contributed by atoms with Gasteiger partial charge in [-0.3, -0.25) is 9.78 Å². The molecule has 1 N–H and O–H groups in total.